The van der Waals surface area contributed by atoms with Gasteiger partial charge in [-0.1, -0.05) is 44.9 Å². The standard InChI is InChI=1S/C23H32N2O2/c1-7-9-10-14-25-18(6)20(22(26)17(5)19(25)8-2)23(27)24-21-15(3)12-11-13-16(21)4/h11-13H,7-10,14H2,1-6H3,(H,24,27). The number of hydrogen-bond donors (Lipinski definition) is 1. The lowest BCUT2D eigenvalue weighted by Crippen LogP contribution is -2.30. The zero-order valence-electron chi connectivity index (χ0n) is 17.5. The van der Waals surface area contributed by atoms with Crippen LogP contribution in [0.3, 0.4) is 0 Å². The van der Waals surface area contributed by atoms with Crippen LogP contribution in [0, 0.1) is 27.7 Å². The Morgan fingerprint density at radius 1 is 1.04 bits per heavy atom. The Balaban J connectivity index is 2.52. The molecule has 0 radical (unpaired) electrons. The highest BCUT2D eigenvalue weighted by Crippen LogP contribution is 2.21. The summed E-state index contributed by atoms with van der Waals surface area (Å²) in [6, 6.07) is 5.89. The van der Waals surface area contributed by atoms with Gasteiger partial charge in [0.15, 0.2) is 5.43 Å². The molecule has 0 fully saturated rings. The molecule has 1 heterocycles. The van der Waals surface area contributed by atoms with Crippen molar-refractivity contribution in [2.75, 3.05) is 5.32 Å². The minimum absolute atomic E-state index is 0.153. The summed E-state index contributed by atoms with van der Waals surface area (Å²) in [5, 5.41) is 2.98. The summed E-state index contributed by atoms with van der Waals surface area (Å²) < 4.78 is 2.17. The minimum Gasteiger partial charge on any atom is -0.348 e. The van der Waals surface area contributed by atoms with Gasteiger partial charge in [0.1, 0.15) is 5.56 Å². The zero-order chi connectivity index (χ0) is 20.1. The maximum Gasteiger partial charge on any atom is 0.261 e. The van der Waals surface area contributed by atoms with Crippen molar-refractivity contribution in [2.45, 2.75) is 73.8 Å². The average molecular weight is 369 g/mol. The van der Waals surface area contributed by atoms with Crippen molar-refractivity contribution >= 4 is 11.6 Å². The van der Waals surface area contributed by atoms with Gasteiger partial charge in [-0.15, -0.1) is 0 Å². The zero-order valence-corrected chi connectivity index (χ0v) is 17.5. The molecule has 0 aliphatic carbocycles. The highest BCUT2D eigenvalue weighted by molar-refractivity contribution is 6.05. The summed E-state index contributed by atoms with van der Waals surface area (Å²) in [4.78, 5) is 26.0. The van der Waals surface area contributed by atoms with E-state index in [1.54, 1.807) is 0 Å². The molecule has 1 aromatic carbocycles. The Bertz CT molecular complexity index is 874. The molecule has 0 saturated carbocycles. The number of hydrogen-bond acceptors (Lipinski definition) is 2. The number of para-hydroxylation sites is 1. The van der Waals surface area contributed by atoms with E-state index in [2.05, 4.69) is 23.7 Å². The smallest absolute Gasteiger partial charge is 0.261 e. The van der Waals surface area contributed by atoms with Crippen LogP contribution in [0.15, 0.2) is 23.0 Å². The number of carbonyl (C=O) groups excluding carboxylic acids is 1. The van der Waals surface area contributed by atoms with Crippen LogP contribution < -0.4 is 10.7 Å². The van der Waals surface area contributed by atoms with Gasteiger partial charge in [-0.3, -0.25) is 9.59 Å². The molecule has 1 amide bonds. The highest BCUT2D eigenvalue weighted by Gasteiger charge is 2.22. The Morgan fingerprint density at radius 3 is 2.22 bits per heavy atom. The molecule has 4 heteroatoms. The van der Waals surface area contributed by atoms with E-state index in [1.807, 2.05) is 45.9 Å². The maximum absolute atomic E-state index is 13.1. The molecule has 0 saturated heterocycles. The van der Waals surface area contributed by atoms with Crippen LogP contribution in [0.1, 0.15) is 71.5 Å². The number of nitrogens with one attached hydrogen (secondary N) is 1. The molecule has 2 rings (SSSR count). The summed E-state index contributed by atoms with van der Waals surface area (Å²) in [6.07, 6.45) is 4.11. The number of unbranched alkanes of at least 4 members (excludes halogenated alkanes) is 2. The number of carbonyl (C=O) groups is 1. The molecule has 146 valence electrons. The van der Waals surface area contributed by atoms with Gasteiger partial charge in [0.25, 0.3) is 5.91 Å². The molecule has 0 aliphatic heterocycles. The predicted molar refractivity (Wildman–Crippen MR) is 113 cm³/mol. The quantitative estimate of drug-likeness (QED) is 0.692. The van der Waals surface area contributed by atoms with Crippen molar-refractivity contribution in [3.63, 3.8) is 0 Å². The van der Waals surface area contributed by atoms with Crippen LogP contribution in [-0.4, -0.2) is 10.5 Å². The minimum atomic E-state index is -0.315. The maximum atomic E-state index is 13.1. The van der Waals surface area contributed by atoms with Crippen molar-refractivity contribution in [3.05, 3.63) is 62.1 Å². The fraction of sp³-hybridized carbons (Fsp3) is 0.478. The molecule has 1 aromatic heterocycles. The number of nitrogens with zero attached hydrogens (tertiary/aromatic N) is 1. The number of anilines is 1. The van der Waals surface area contributed by atoms with Crippen molar-refractivity contribution in [2.24, 2.45) is 0 Å². The van der Waals surface area contributed by atoms with Gasteiger partial charge in [0.05, 0.1) is 0 Å². The molecule has 0 spiro atoms. The largest absolute Gasteiger partial charge is 0.348 e. The molecule has 1 N–H and O–H groups in total. The topological polar surface area (TPSA) is 51.1 Å². The lowest BCUT2D eigenvalue weighted by Gasteiger charge is -2.21. The third kappa shape index (κ3) is 4.32. The molecule has 0 bridgehead atoms. The van der Waals surface area contributed by atoms with Crippen LogP contribution in [-0.2, 0) is 13.0 Å². The number of rotatable bonds is 7. The second-order valence-electron chi connectivity index (χ2n) is 7.29. The van der Waals surface area contributed by atoms with Crippen molar-refractivity contribution in [1.82, 2.24) is 4.57 Å². The monoisotopic (exact) mass is 368 g/mol. The van der Waals surface area contributed by atoms with Gasteiger partial charge in [-0.2, -0.15) is 0 Å². The fourth-order valence-electron chi connectivity index (χ4n) is 3.76. The fourth-order valence-corrected chi connectivity index (χ4v) is 3.76. The van der Waals surface area contributed by atoms with E-state index in [4.69, 9.17) is 0 Å². The summed E-state index contributed by atoms with van der Waals surface area (Å²) in [7, 11) is 0. The first-order chi connectivity index (χ1) is 12.8. The predicted octanol–water partition coefficient (Wildman–Crippen LogP) is 5.09. The van der Waals surface area contributed by atoms with Crippen LogP contribution in [0.2, 0.25) is 0 Å². The number of aryl methyl sites for hydroxylation is 2. The van der Waals surface area contributed by atoms with Crippen LogP contribution in [0.4, 0.5) is 5.69 Å². The summed E-state index contributed by atoms with van der Waals surface area (Å²) in [5.74, 6) is -0.315. The molecule has 0 aliphatic rings. The van der Waals surface area contributed by atoms with Gasteiger partial charge in [0.2, 0.25) is 0 Å². The SMILES string of the molecule is CCCCCn1c(C)c(C(=O)Nc2c(C)cccc2C)c(=O)c(C)c1CC. The first-order valence-corrected chi connectivity index (χ1v) is 9.93. The van der Waals surface area contributed by atoms with E-state index in [0.717, 1.165) is 60.4 Å². The third-order valence-corrected chi connectivity index (χ3v) is 5.36. The molecule has 4 nitrogen and oxygen atoms in total. The van der Waals surface area contributed by atoms with E-state index in [0.29, 0.717) is 5.56 Å². The lowest BCUT2D eigenvalue weighted by molar-refractivity contribution is 0.102. The van der Waals surface area contributed by atoms with E-state index in [1.165, 1.54) is 0 Å². The van der Waals surface area contributed by atoms with E-state index >= 15 is 0 Å². The number of aromatic nitrogens is 1. The summed E-state index contributed by atoms with van der Waals surface area (Å²) in [6.45, 7) is 12.7. The normalized spacial score (nSPS) is 10.9. The van der Waals surface area contributed by atoms with Gasteiger partial charge in [0, 0.05) is 29.2 Å². The molecular weight excluding hydrogens is 336 g/mol. The number of benzene rings is 1. The summed E-state index contributed by atoms with van der Waals surface area (Å²) in [5.41, 5.74) is 5.38. The van der Waals surface area contributed by atoms with Gasteiger partial charge in [-0.05, 0) is 51.7 Å². The van der Waals surface area contributed by atoms with Crippen molar-refractivity contribution in [1.29, 1.82) is 0 Å². The van der Waals surface area contributed by atoms with E-state index in [-0.39, 0.29) is 16.9 Å². The number of amides is 1. The van der Waals surface area contributed by atoms with E-state index in [9.17, 15) is 9.59 Å². The van der Waals surface area contributed by atoms with Gasteiger partial charge in [-0.25, -0.2) is 0 Å². The van der Waals surface area contributed by atoms with Gasteiger partial charge >= 0.3 is 0 Å². The molecular formula is C23H32N2O2. The molecule has 27 heavy (non-hydrogen) atoms. The summed E-state index contributed by atoms with van der Waals surface area (Å²) >= 11 is 0. The lowest BCUT2D eigenvalue weighted by atomic mass is 10.0. The highest BCUT2D eigenvalue weighted by atomic mass is 16.2. The van der Waals surface area contributed by atoms with Crippen molar-refractivity contribution < 1.29 is 4.79 Å². The number of pyridine rings is 1. The first kappa shape index (κ1) is 20.9. The van der Waals surface area contributed by atoms with Crippen LogP contribution >= 0.6 is 0 Å². The molecule has 2 aromatic rings. The second-order valence-corrected chi connectivity index (χ2v) is 7.29. The Kier molecular flexibility index (Phi) is 7.00. The third-order valence-electron chi connectivity index (χ3n) is 5.36. The van der Waals surface area contributed by atoms with Crippen LogP contribution in [0.5, 0.6) is 0 Å². The Morgan fingerprint density at radius 2 is 1.67 bits per heavy atom. The molecule has 0 unspecified atom stereocenters. The Labute approximate surface area is 162 Å². The van der Waals surface area contributed by atoms with Crippen molar-refractivity contribution in [3.8, 4) is 0 Å². The van der Waals surface area contributed by atoms with Crippen LogP contribution in [0.25, 0.3) is 0 Å². The average Bonchev–Trinajstić information content (AvgIpc) is 2.63. The molecule has 0 atom stereocenters. The second kappa shape index (κ2) is 9.03. The van der Waals surface area contributed by atoms with E-state index < -0.39 is 0 Å². The van der Waals surface area contributed by atoms with Gasteiger partial charge < -0.3 is 9.88 Å². The first-order valence-electron chi connectivity index (χ1n) is 9.93. The Hall–Kier alpha value is -2.36.